The molecule has 0 spiro atoms. The van der Waals surface area contributed by atoms with Gasteiger partial charge in [0.2, 0.25) is 0 Å². The second-order valence-electron chi connectivity index (χ2n) is 6.42. The van der Waals surface area contributed by atoms with Crippen LogP contribution in [0.3, 0.4) is 0 Å². The summed E-state index contributed by atoms with van der Waals surface area (Å²) in [5.41, 5.74) is 1.13. The molecular formula is C18H27N5O. The van der Waals surface area contributed by atoms with Gasteiger partial charge in [-0.2, -0.15) is 5.10 Å². The van der Waals surface area contributed by atoms with E-state index in [1.165, 1.54) is 0 Å². The van der Waals surface area contributed by atoms with Gasteiger partial charge in [0.15, 0.2) is 0 Å². The van der Waals surface area contributed by atoms with E-state index in [0.717, 1.165) is 12.2 Å². The normalized spacial score (nSPS) is 12.0. The monoisotopic (exact) mass is 329 g/mol. The van der Waals surface area contributed by atoms with E-state index in [1.807, 2.05) is 36.0 Å². The van der Waals surface area contributed by atoms with Gasteiger partial charge < -0.3 is 10.2 Å². The lowest BCUT2D eigenvalue weighted by Crippen LogP contribution is -2.42. The van der Waals surface area contributed by atoms with Crippen LogP contribution in [0.2, 0.25) is 0 Å². The number of nitrogens with zero attached hydrogens (tertiary/aromatic N) is 3. The van der Waals surface area contributed by atoms with Crippen LogP contribution in [0.1, 0.15) is 20.8 Å². The van der Waals surface area contributed by atoms with Crippen molar-refractivity contribution in [2.75, 3.05) is 23.8 Å². The Morgan fingerprint density at radius 2 is 1.92 bits per heavy atom. The molecule has 2 N–H and O–H groups in total. The van der Waals surface area contributed by atoms with E-state index in [9.17, 15) is 4.79 Å². The molecule has 0 aliphatic heterocycles. The highest BCUT2D eigenvalue weighted by atomic mass is 16.2. The first-order chi connectivity index (χ1) is 11.5. The molecule has 2 rings (SSSR count). The summed E-state index contributed by atoms with van der Waals surface area (Å²) in [6, 6.07) is 11.9. The minimum atomic E-state index is -0.214. The Kier molecular flexibility index (Phi) is 6.23. The van der Waals surface area contributed by atoms with Gasteiger partial charge in [0, 0.05) is 37.9 Å². The van der Waals surface area contributed by atoms with Gasteiger partial charge in [-0.05, 0) is 25.0 Å². The van der Waals surface area contributed by atoms with E-state index in [1.54, 1.807) is 6.20 Å². The molecule has 0 aliphatic carbocycles. The number of carbonyl (C=O) groups excluding carboxylic acids is 1. The second kappa shape index (κ2) is 8.38. The maximum Gasteiger partial charge on any atom is 0.320 e. The van der Waals surface area contributed by atoms with E-state index in [0.29, 0.717) is 18.3 Å². The molecule has 0 bridgehead atoms. The number of hydrogen-bond donors (Lipinski definition) is 2. The first-order valence-electron chi connectivity index (χ1n) is 8.32. The van der Waals surface area contributed by atoms with Crippen molar-refractivity contribution in [1.82, 2.24) is 15.1 Å². The average Bonchev–Trinajstić information content (AvgIpc) is 2.98. The minimum Gasteiger partial charge on any atom is -0.370 e. The molecule has 6 heteroatoms. The van der Waals surface area contributed by atoms with Gasteiger partial charge in [-0.3, -0.25) is 5.32 Å². The van der Waals surface area contributed by atoms with Crippen molar-refractivity contribution < 1.29 is 4.79 Å². The SMILES string of the molecule is CC(C)Cn1nccc1NC(=O)NC[C@H](C)N(C)c1ccccc1. The zero-order chi connectivity index (χ0) is 17.5. The molecule has 1 aromatic carbocycles. The summed E-state index contributed by atoms with van der Waals surface area (Å²) in [6.07, 6.45) is 1.70. The van der Waals surface area contributed by atoms with Crippen LogP contribution >= 0.6 is 0 Å². The molecule has 24 heavy (non-hydrogen) atoms. The van der Waals surface area contributed by atoms with Crippen molar-refractivity contribution in [3.63, 3.8) is 0 Å². The van der Waals surface area contributed by atoms with Crippen LogP contribution in [0.5, 0.6) is 0 Å². The molecule has 130 valence electrons. The zero-order valence-corrected chi connectivity index (χ0v) is 14.9. The Balaban J connectivity index is 1.84. The van der Waals surface area contributed by atoms with Crippen molar-refractivity contribution >= 4 is 17.5 Å². The van der Waals surface area contributed by atoms with E-state index >= 15 is 0 Å². The summed E-state index contributed by atoms with van der Waals surface area (Å²) >= 11 is 0. The van der Waals surface area contributed by atoms with Crippen molar-refractivity contribution in [3.8, 4) is 0 Å². The Morgan fingerprint density at radius 1 is 1.21 bits per heavy atom. The number of urea groups is 1. The summed E-state index contributed by atoms with van der Waals surface area (Å²) in [7, 11) is 2.03. The molecule has 1 atom stereocenters. The molecular weight excluding hydrogens is 302 g/mol. The molecule has 1 heterocycles. The zero-order valence-electron chi connectivity index (χ0n) is 14.9. The quantitative estimate of drug-likeness (QED) is 0.820. The Hall–Kier alpha value is -2.50. The van der Waals surface area contributed by atoms with Gasteiger partial charge >= 0.3 is 6.03 Å². The fourth-order valence-electron chi connectivity index (χ4n) is 2.39. The number of anilines is 2. The van der Waals surface area contributed by atoms with Gasteiger partial charge in [0.25, 0.3) is 0 Å². The lowest BCUT2D eigenvalue weighted by molar-refractivity contribution is 0.251. The molecule has 2 aromatic rings. The van der Waals surface area contributed by atoms with E-state index in [4.69, 9.17) is 0 Å². The maximum atomic E-state index is 12.1. The highest BCUT2D eigenvalue weighted by Gasteiger charge is 2.12. The fraction of sp³-hybridized carbons (Fsp3) is 0.444. The Morgan fingerprint density at radius 3 is 2.58 bits per heavy atom. The van der Waals surface area contributed by atoms with Crippen LogP contribution < -0.4 is 15.5 Å². The maximum absolute atomic E-state index is 12.1. The standard InChI is InChI=1S/C18H27N5O/c1-14(2)13-23-17(10-11-20-23)21-18(24)19-12-15(3)22(4)16-8-6-5-7-9-16/h5-11,14-15H,12-13H2,1-4H3,(H2,19,21,24)/t15-/m0/s1. The number of nitrogens with one attached hydrogen (secondary N) is 2. The molecule has 0 saturated carbocycles. The molecule has 1 aromatic heterocycles. The number of rotatable bonds is 7. The number of para-hydroxylation sites is 1. The summed E-state index contributed by atoms with van der Waals surface area (Å²) in [5.74, 6) is 1.18. The summed E-state index contributed by atoms with van der Waals surface area (Å²) in [6.45, 7) is 7.64. The Bertz CT molecular complexity index is 638. The van der Waals surface area contributed by atoms with Crippen molar-refractivity contribution in [2.45, 2.75) is 33.4 Å². The molecule has 0 unspecified atom stereocenters. The highest BCUT2D eigenvalue weighted by molar-refractivity contribution is 5.88. The van der Waals surface area contributed by atoms with Gasteiger partial charge in [-0.1, -0.05) is 32.0 Å². The number of aromatic nitrogens is 2. The molecule has 0 fully saturated rings. The average molecular weight is 329 g/mol. The summed E-state index contributed by atoms with van der Waals surface area (Å²) in [5, 5.41) is 10.0. The molecule has 0 saturated heterocycles. The van der Waals surface area contributed by atoms with E-state index in [2.05, 4.69) is 53.5 Å². The van der Waals surface area contributed by atoms with Gasteiger partial charge in [0.05, 0.1) is 6.20 Å². The molecule has 6 nitrogen and oxygen atoms in total. The lowest BCUT2D eigenvalue weighted by atomic mass is 10.2. The van der Waals surface area contributed by atoms with E-state index in [-0.39, 0.29) is 12.1 Å². The summed E-state index contributed by atoms with van der Waals surface area (Å²) in [4.78, 5) is 14.3. The second-order valence-corrected chi connectivity index (χ2v) is 6.42. The van der Waals surface area contributed by atoms with E-state index < -0.39 is 0 Å². The first-order valence-corrected chi connectivity index (χ1v) is 8.32. The Labute approximate surface area is 143 Å². The van der Waals surface area contributed by atoms with Crippen LogP contribution in [0.4, 0.5) is 16.3 Å². The van der Waals surface area contributed by atoms with Crippen molar-refractivity contribution in [3.05, 3.63) is 42.6 Å². The van der Waals surface area contributed by atoms with Crippen molar-refractivity contribution in [1.29, 1.82) is 0 Å². The van der Waals surface area contributed by atoms with Crippen LogP contribution in [-0.4, -0.2) is 35.4 Å². The predicted octanol–water partition coefficient (Wildman–Crippen LogP) is 3.19. The third kappa shape index (κ3) is 5.01. The van der Waals surface area contributed by atoms with Crippen molar-refractivity contribution in [2.24, 2.45) is 5.92 Å². The predicted molar refractivity (Wildman–Crippen MR) is 98.4 cm³/mol. The number of carbonyl (C=O) groups is 1. The third-order valence-corrected chi connectivity index (χ3v) is 3.88. The topological polar surface area (TPSA) is 62.2 Å². The first kappa shape index (κ1) is 17.8. The largest absolute Gasteiger partial charge is 0.370 e. The van der Waals surface area contributed by atoms with Gasteiger partial charge in [-0.25, -0.2) is 9.48 Å². The molecule has 2 amide bonds. The van der Waals surface area contributed by atoms with Crippen LogP contribution in [-0.2, 0) is 6.54 Å². The fourth-order valence-corrected chi connectivity index (χ4v) is 2.39. The molecule has 0 radical (unpaired) electrons. The molecule has 0 aliphatic rings. The van der Waals surface area contributed by atoms with Crippen LogP contribution in [0, 0.1) is 5.92 Å². The number of hydrogen-bond acceptors (Lipinski definition) is 3. The highest BCUT2D eigenvalue weighted by Crippen LogP contribution is 2.13. The smallest absolute Gasteiger partial charge is 0.320 e. The number of benzene rings is 1. The number of amides is 2. The lowest BCUT2D eigenvalue weighted by Gasteiger charge is -2.27. The van der Waals surface area contributed by atoms with Gasteiger partial charge in [-0.15, -0.1) is 0 Å². The van der Waals surface area contributed by atoms with Crippen LogP contribution in [0.15, 0.2) is 42.6 Å². The third-order valence-electron chi connectivity index (χ3n) is 3.88. The van der Waals surface area contributed by atoms with Gasteiger partial charge in [0.1, 0.15) is 5.82 Å². The minimum absolute atomic E-state index is 0.179. The van der Waals surface area contributed by atoms with Crippen LogP contribution in [0.25, 0.3) is 0 Å². The number of likely N-dealkylation sites (N-methyl/N-ethyl adjacent to an activating group) is 1. The summed E-state index contributed by atoms with van der Waals surface area (Å²) < 4.78 is 1.81.